The fourth-order valence-electron chi connectivity index (χ4n) is 1.86. The Balaban J connectivity index is 1.69. The Labute approximate surface area is 140 Å². The van der Waals surface area contributed by atoms with E-state index in [2.05, 4.69) is 25.7 Å². The minimum atomic E-state index is -3.52. The summed E-state index contributed by atoms with van der Waals surface area (Å²) in [6, 6.07) is 6.19. The fourth-order valence-corrected chi connectivity index (χ4v) is 2.94. The summed E-state index contributed by atoms with van der Waals surface area (Å²) in [7, 11) is -1.83. The molecule has 0 aliphatic rings. The largest absolute Gasteiger partial charge is 0.338 e. The monoisotopic (exact) mass is 352 g/mol. The lowest BCUT2D eigenvalue weighted by Crippen LogP contribution is -2.32. The SMILES string of the molecule is Cc1ccc(S(=O)(=O)NCCCNC(=O)Nc2cn(C)nn2)cc1. The molecule has 2 aromatic rings. The molecule has 0 unspecified atom stereocenters. The summed E-state index contributed by atoms with van der Waals surface area (Å²) in [4.78, 5) is 11.8. The molecule has 0 radical (unpaired) electrons. The maximum atomic E-state index is 12.1. The number of nitrogens with one attached hydrogen (secondary N) is 3. The van der Waals surface area contributed by atoms with Crippen LogP contribution in [0.25, 0.3) is 0 Å². The van der Waals surface area contributed by atoms with E-state index < -0.39 is 16.1 Å². The van der Waals surface area contributed by atoms with Gasteiger partial charge in [0.15, 0.2) is 5.82 Å². The first-order valence-corrected chi connectivity index (χ1v) is 8.83. The van der Waals surface area contributed by atoms with Gasteiger partial charge in [-0.05, 0) is 25.5 Å². The van der Waals surface area contributed by atoms with Gasteiger partial charge in [-0.2, -0.15) is 0 Å². The van der Waals surface area contributed by atoms with Crippen LogP contribution >= 0.6 is 0 Å². The lowest BCUT2D eigenvalue weighted by molar-refractivity contribution is 0.252. The molecule has 0 atom stereocenters. The van der Waals surface area contributed by atoms with Crippen molar-refractivity contribution in [2.75, 3.05) is 18.4 Å². The Morgan fingerprint density at radius 3 is 2.54 bits per heavy atom. The van der Waals surface area contributed by atoms with Gasteiger partial charge in [0.25, 0.3) is 0 Å². The van der Waals surface area contributed by atoms with Crippen molar-refractivity contribution in [3.8, 4) is 0 Å². The number of aromatic nitrogens is 3. The van der Waals surface area contributed by atoms with E-state index in [0.29, 0.717) is 18.8 Å². The van der Waals surface area contributed by atoms with E-state index in [9.17, 15) is 13.2 Å². The van der Waals surface area contributed by atoms with Gasteiger partial charge < -0.3 is 5.32 Å². The van der Waals surface area contributed by atoms with Crippen molar-refractivity contribution >= 4 is 21.9 Å². The number of amides is 2. The normalized spacial score (nSPS) is 11.2. The van der Waals surface area contributed by atoms with E-state index in [4.69, 9.17) is 0 Å². The number of carbonyl (C=O) groups excluding carboxylic acids is 1. The van der Waals surface area contributed by atoms with Gasteiger partial charge in [0, 0.05) is 20.1 Å². The van der Waals surface area contributed by atoms with Crippen LogP contribution in [0.5, 0.6) is 0 Å². The molecule has 0 aliphatic heterocycles. The van der Waals surface area contributed by atoms with Crippen LogP contribution in [0.2, 0.25) is 0 Å². The average molecular weight is 352 g/mol. The Morgan fingerprint density at radius 1 is 1.21 bits per heavy atom. The molecule has 0 saturated carbocycles. The second-order valence-corrected chi connectivity index (χ2v) is 6.99. The van der Waals surface area contributed by atoms with Gasteiger partial charge in [0.1, 0.15) is 0 Å². The van der Waals surface area contributed by atoms with Crippen molar-refractivity contribution in [1.82, 2.24) is 25.0 Å². The number of benzene rings is 1. The third kappa shape index (κ3) is 5.32. The van der Waals surface area contributed by atoms with E-state index in [1.807, 2.05) is 6.92 Å². The highest BCUT2D eigenvalue weighted by molar-refractivity contribution is 7.89. The van der Waals surface area contributed by atoms with Crippen molar-refractivity contribution in [1.29, 1.82) is 0 Å². The van der Waals surface area contributed by atoms with E-state index in [-0.39, 0.29) is 11.4 Å². The van der Waals surface area contributed by atoms with Crippen molar-refractivity contribution in [2.24, 2.45) is 7.05 Å². The molecule has 0 bridgehead atoms. The molecule has 1 aromatic heterocycles. The van der Waals surface area contributed by atoms with E-state index >= 15 is 0 Å². The molecule has 0 fully saturated rings. The van der Waals surface area contributed by atoms with Crippen molar-refractivity contribution in [2.45, 2.75) is 18.2 Å². The number of hydrogen-bond donors (Lipinski definition) is 3. The second-order valence-electron chi connectivity index (χ2n) is 5.22. The highest BCUT2D eigenvalue weighted by Crippen LogP contribution is 2.09. The van der Waals surface area contributed by atoms with E-state index in [0.717, 1.165) is 5.56 Å². The number of anilines is 1. The molecule has 130 valence electrons. The first-order valence-electron chi connectivity index (χ1n) is 7.34. The van der Waals surface area contributed by atoms with Crippen LogP contribution in [-0.2, 0) is 17.1 Å². The van der Waals surface area contributed by atoms with Crippen LogP contribution in [0.3, 0.4) is 0 Å². The Hall–Kier alpha value is -2.46. The summed E-state index contributed by atoms with van der Waals surface area (Å²) >= 11 is 0. The summed E-state index contributed by atoms with van der Waals surface area (Å²) in [6.45, 7) is 2.44. The summed E-state index contributed by atoms with van der Waals surface area (Å²) in [5, 5.41) is 12.5. The van der Waals surface area contributed by atoms with Crippen molar-refractivity contribution in [3.05, 3.63) is 36.0 Å². The number of carbonyl (C=O) groups is 1. The smallest absolute Gasteiger partial charge is 0.320 e. The summed E-state index contributed by atoms with van der Waals surface area (Å²) in [5.74, 6) is 0.343. The lowest BCUT2D eigenvalue weighted by atomic mass is 10.2. The number of rotatable bonds is 7. The van der Waals surface area contributed by atoms with E-state index in [1.165, 1.54) is 4.68 Å². The number of sulfonamides is 1. The number of urea groups is 1. The van der Waals surface area contributed by atoms with Gasteiger partial charge >= 0.3 is 6.03 Å². The maximum Gasteiger partial charge on any atom is 0.320 e. The third-order valence-electron chi connectivity index (χ3n) is 3.11. The Bertz CT molecular complexity index is 785. The van der Waals surface area contributed by atoms with Gasteiger partial charge in [-0.15, -0.1) is 5.10 Å². The van der Waals surface area contributed by atoms with Crippen LogP contribution in [0, 0.1) is 6.92 Å². The first-order chi connectivity index (χ1) is 11.4. The zero-order valence-electron chi connectivity index (χ0n) is 13.5. The molecule has 3 N–H and O–H groups in total. The highest BCUT2D eigenvalue weighted by Gasteiger charge is 2.12. The van der Waals surface area contributed by atoms with Crippen LogP contribution in [-0.4, -0.2) is 42.5 Å². The molecular formula is C14H20N6O3S. The molecule has 1 aromatic carbocycles. The predicted molar refractivity (Wildman–Crippen MR) is 89.0 cm³/mol. The van der Waals surface area contributed by atoms with Gasteiger partial charge in [-0.3, -0.25) is 10.00 Å². The predicted octanol–water partition coefficient (Wildman–Crippen LogP) is 0.614. The zero-order chi connectivity index (χ0) is 17.6. The topological polar surface area (TPSA) is 118 Å². The number of aryl methyl sites for hydroxylation is 2. The minimum Gasteiger partial charge on any atom is -0.338 e. The quantitative estimate of drug-likeness (QED) is 0.631. The zero-order valence-corrected chi connectivity index (χ0v) is 14.3. The lowest BCUT2D eigenvalue weighted by Gasteiger charge is -2.08. The van der Waals surface area contributed by atoms with Gasteiger partial charge in [0.05, 0.1) is 11.1 Å². The van der Waals surface area contributed by atoms with Crippen LogP contribution < -0.4 is 15.4 Å². The van der Waals surface area contributed by atoms with E-state index in [1.54, 1.807) is 37.5 Å². The summed E-state index contributed by atoms with van der Waals surface area (Å²) in [6.07, 6.45) is 2.02. The van der Waals surface area contributed by atoms with Crippen LogP contribution in [0.15, 0.2) is 35.4 Å². The fraction of sp³-hybridized carbons (Fsp3) is 0.357. The molecule has 2 rings (SSSR count). The molecular weight excluding hydrogens is 332 g/mol. The first kappa shape index (κ1) is 17.9. The third-order valence-corrected chi connectivity index (χ3v) is 4.58. The molecule has 2 amide bonds. The molecule has 9 nitrogen and oxygen atoms in total. The maximum absolute atomic E-state index is 12.1. The Morgan fingerprint density at radius 2 is 1.92 bits per heavy atom. The van der Waals surface area contributed by atoms with Crippen molar-refractivity contribution in [3.63, 3.8) is 0 Å². The molecule has 24 heavy (non-hydrogen) atoms. The Kier molecular flexibility index (Phi) is 5.88. The van der Waals surface area contributed by atoms with Gasteiger partial charge in [0.2, 0.25) is 10.0 Å². The van der Waals surface area contributed by atoms with Gasteiger partial charge in [-0.25, -0.2) is 17.9 Å². The van der Waals surface area contributed by atoms with Gasteiger partial charge in [-0.1, -0.05) is 22.9 Å². The molecule has 0 aliphatic carbocycles. The number of hydrogen-bond acceptors (Lipinski definition) is 5. The minimum absolute atomic E-state index is 0.224. The molecule has 0 saturated heterocycles. The van der Waals surface area contributed by atoms with Crippen LogP contribution in [0.4, 0.5) is 10.6 Å². The summed E-state index contributed by atoms with van der Waals surface area (Å²) in [5.41, 5.74) is 0.993. The standard InChI is InChI=1S/C14H20N6O3S/c1-11-4-6-12(7-5-11)24(22,23)16-9-3-8-15-14(21)17-13-10-20(2)19-18-13/h4-7,10,16H,3,8-9H2,1-2H3,(H2,15,17,21). The highest BCUT2D eigenvalue weighted by atomic mass is 32.2. The van der Waals surface area contributed by atoms with Crippen molar-refractivity contribution < 1.29 is 13.2 Å². The molecule has 1 heterocycles. The average Bonchev–Trinajstić information content (AvgIpc) is 2.92. The second kappa shape index (κ2) is 7.88. The number of nitrogens with zero attached hydrogens (tertiary/aromatic N) is 3. The summed E-state index contributed by atoms with van der Waals surface area (Å²) < 4.78 is 28.1. The van der Waals surface area contributed by atoms with Crippen LogP contribution in [0.1, 0.15) is 12.0 Å². The molecule has 0 spiro atoms. The molecule has 10 heteroatoms.